The molecule has 0 saturated carbocycles. The summed E-state index contributed by atoms with van der Waals surface area (Å²) in [5, 5.41) is 0. The van der Waals surface area contributed by atoms with Gasteiger partial charge in [0, 0.05) is 7.05 Å². The van der Waals surface area contributed by atoms with E-state index in [0.717, 1.165) is 7.05 Å². The maximum absolute atomic E-state index is 12.2. The maximum atomic E-state index is 12.2. The number of nitrogens with zero attached hydrogens (tertiary/aromatic N) is 1. The molecular weight excluding hydrogens is 132 g/mol. The van der Waals surface area contributed by atoms with Gasteiger partial charge in [0.25, 0.3) is 6.36 Å². The van der Waals surface area contributed by atoms with Gasteiger partial charge in [-0.2, -0.15) is 4.39 Å². The second-order valence-corrected chi connectivity index (χ2v) is 1.72. The van der Waals surface area contributed by atoms with Crippen LogP contribution in [0.3, 0.4) is 0 Å². The standard InChI is InChI=1S/C4H5F2NO2/c1-7-2(5)3(6)9-4(7)8/h2-3H,1H3. The van der Waals surface area contributed by atoms with Crippen molar-refractivity contribution in [1.29, 1.82) is 0 Å². The average molecular weight is 137 g/mol. The van der Waals surface area contributed by atoms with Crippen molar-refractivity contribution in [2.75, 3.05) is 7.05 Å². The fourth-order valence-electron chi connectivity index (χ4n) is 0.512. The van der Waals surface area contributed by atoms with Crippen LogP contribution in [0, 0.1) is 0 Å². The number of carbonyl (C=O) groups is 1. The topological polar surface area (TPSA) is 29.5 Å². The fraction of sp³-hybridized carbons (Fsp3) is 0.750. The molecular formula is C4H5F2NO2. The number of ether oxygens (including phenoxy) is 1. The van der Waals surface area contributed by atoms with Gasteiger partial charge in [-0.1, -0.05) is 0 Å². The van der Waals surface area contributed by atoms with Crippen molar-refractivity contribution in [1.82, 2.24) is 4.90 Å². The van der Waals surface area contributed by atoms with Crippen molar-refractivity contribution in [2.24, 2.45) is 0 Å². The Morgan fingerprint density at radius 3 is 2.33 bits per heavy atom. The Morgan fingerprint density at radius 2 is 2.22 bits per heavy atom. The van der Waals surface area contributed by atoms with Crippen LogP contribution >= 0.6 is 0 Å². The first kappa shape index (κ1) is 6.25. The molecule has 9 heavy (non-hydrogen) atoms. The molecule has 3 nitrogen and oxygen atoms in total. The Balaban J connectivity index is 2.65. The van der Waals surface area contributed by atoms with Crippen molar-refractivity contribution >= 4 is 6.09 Å². The van der Waals surface area contributed by atoms with Crippen LogP contribution in [0.5, 0.6) is 0 Å². The van der Waals surface area contributed by atoms with Crippen LogP contribution in [0.2, 0.25) is 0 Å². The number of hydrogen-bond acceptors (Lipinski definition) is 2. The third kappa shape index (κ3) is 0.820. The Hall–Kier alpha value is -0.870. The van der Waals surface area contributed by atoms with E-state index in [4.69, 9.17) is 0 Å². The molecule has 0 aromatic heterocycles. The number of carbonyl (C=O) groups excluding carboxylic acids is 1. The number of likely N-dealkylation sites (N-methyl/N-ethyl adjacent to an activating group) is 1. The molecule has 1 aliphatic rings. The van der Waals surface area contributed by atoms with Gasteiger partial charge in [0.2, 0.25) is 6.30 Å². The maximum Gasteiger partial charge on any atom is 0.414 e. The second kappa shape index (κ2) is 1.82. The molecule has 1 aliphatic heterocycles. The van der Waals surface area contributed by atoms with Crippen LogP contribution in [0.15, 0.2) is 0 Å². The molecule has 1 amide bonds. The number of halogens is 2. The third-order valence-electron chi connectivity index (χ3n) is 1.09. The number of alkyl halides is 2. The van der Waals surface area contributed by atoms with E-state index in [1.165, 1.54) is 0 Å². The van der Waals surface area contributed by atoms with Gasteiger partial charge in [-0.15, -0.1) is 0 Å². The molecule has 0 N–H and O–H groups in total. The summed E-state index contributed by atoms with van der Waals surface area (Å²) < 4.78 is 28.0. The highest BCUT2D eigenvalue weighted by Crippen LogP contribution is 2.18. The van der Waals surface area contributed by atoms with E-state index in [9.17, 15) is 13.6 Å². The normalized spacial score (nSPS) is 35.0. The van der Waals surface area contributed by atoms with Crippen molar-refractivity contribution in [2.45, 2.75) is 12.7 Å². The second-order valence-electron chi connectivity index (χ2n) is 1.72. The molecule has 0 aromatic carbocycles. The molecule has 0 bridgehead atoms. The highest BCUT2D eigenvalue weighted by Gasteiger charge is 2.39. The minimum absolute atomic E-state index is 0.560. The van der Waals surface area contributed by atoms with Crippen molar-refractivity contribution in [3.63, 3.8) is 0 Å². The van der Waals surface area contributed by atoms with E-state index >= 15 is 0 Å². The Kier molecular flexibility index (Phi) is 1.27. The van der Waals surface area contributed by atoms with Crippen LogP contribution in [-0.4, -0.2) is 30.7 Å². The summed E-state index contributed by atoms with van der Waals surface area (Å²) in [4.78, 5) is 10.8. The van der Waals surface area contributed by atoms with Crippen LogP contribution in [0.25, 0.3) is 0 Å². The van der Waals surface area contributed by atoms with Crippen LogP contribution in [0.1, 0.15) is 0 Å². The zero-order chi connectivity index (χ0) is 7.02. The minimum Gasteiger partial charge on any atom is -0.409 e. The molecule has 5 heteroatoms. The summed E-state index contributed by atoms with van der Waals surface area (Å²) in [5.41, 5.74) is 0. The molecule has 1 fully saturated rings. The van der Waals surface area contributed by atoms with E-state index in [1.54, 1.807) is 0 Å². The molecule has 0 spiro atoms. The highest BCUT2D eigenvalue weighted by molar-refractivity contribution is 5.69. The number of amides is 1. The van der Waals surface area contributed by atoms with Gasteiger partial charge in [0.15, 0.2) is 0 Å². The largest absolute Gasteiger partial charge is 0.414 e. The molecule has 1 saturated heterocycles. The molecule has 2 atom stereocenters. The van der Waals surface area contributed by atoms with Gasteiger partial charge in [0.1, 0.15) is 0 Å². The van der Waals surface area contributed by atoms with Gasteiger partial charge in [-0.25, -0.2) is 9.18 Å². The minimum atomic E-state index is -2.12. The molecule has 52 valence electrons. The zero-order valence-corrected chi connectivity index (χ0v) is 4.67. The first-order valence-corrected chi connectivity index (χ1v) is 2.34. The molecule has 0 radical (unpaired) electrons. The summed E-state index contributed by atoms with van der Waals surface area (Å²) in [6.45, 7) is 0. The van der Waals surface area contributed by atoms with E-state index in [2.05, 4.69) is 4.74 Å². The summed E-state index contributed by atoms with van der Waals surface area (Å²) in [6, 6.07) is 0. The number of rotatable bonds is 0. The Bertz CT molecular complexity index is 141. The SMILES string of the molecule is CN1C(=O)OC(F)C1F. The lowest BCUT2D eigenvalue weighted by molar-refractivity contribution is -0.00510. The summed E-state index contributed by atoms with van der Waals surface area (Å²) in [7, 11) is 1.13. The molecule has 1 rings (SSSR count). The smallest absolute Gasteiger partial charge is 0.409 e. The van der Waals surface area contributed by atoms with E-state index in [-0.39, 0.29) is 0 Å². The fourth-order valence-corrected chi connectivity index (χ4v) is 0.512. The monoisotopic (exact) mass is 137 g/mol. The lowest BCUT2D eigenvalue weighted by atomic mass is 10.6. The van der Waals surface area contributed by atoms with E-state index < -0.39 is 18.7 Å². The lowest BCUT2D eigenvalue weighted by Gasteiger charge is -2.05. The van der Waals surface area contributed by atoms with Crippen molar-refractivity contribution in [3.05, 3.63) is 0 Å². The Labute approximate surface area is 50.2 Å². The predicted octanol–water partition coefficient (Wildman–Crippen LogP) is 0.660. The van der Waals surface area contributed by atoms with Gasteiger partial charge in [-0.05, 0) is 0 Å². The molecule has 1 heterocycles. The van der Waals surface area contributed by atoms with Crippen LogP contribution in [-0.2, 0) is 4.74 Å². The molecule has 0 aromatic rings. The van der Waals surface area contributed by atoms with E-state index in [1.807, 2.05) is 0 Å². The van der Waals surface area contributed by atoms with Crippen molar-refractivity contribution in [3.8, 4) is 0 Å². The average Bonchev–Trinajstić information content (AvgIpc) is 1.98. The van der Waals surface area contributed by atoms with Gasteiger partial charge in [0.05, 0.1) is 0 Å². The first-order valence-electron chi connectivity index (χ1n) is 2.34. The van der Waals surface area contributed by atoms with Crippen LogP contribution in [0.4, 0.5) is 13.6 Å². The van der Waals surface area contributed by atoms with Crippen LogP contribution < -0.4 is 0 Å². The summed E-state index contributed by atoms with van der Waals surface area (Å²) >= 11 is 0. The quantitative estimate of drug-likeness (QED) is 0.459. The molecule has 2 unspecified atom stereocenters. The summed E-state index contributed by atoms with van der Waals surface area (Å²) in [6.07, 6.45) is -5.03. The van der Waals surface area contributed by atoms with E-state index in [0.29, 0.717) is 4.90 Å². The lowest BCUT2D eigenvalue weighted by Crippen LogP contribution is -2.27. The number of cyclic esters (lactones) is 1. The van der Waals surface area contributed by atoms with Crippen molar-refractivity contribution < 1.29 is 18.3 Å². The summed E-state index contributed by atoms with van der Waals surface area (Å²) in [5.74, 6) is 0. The highest BCUT2D eigenvalue weighted by atomic mass is 19.2. The van der Waals surface area contributed by atoms with Gasteiger partial charge >= 0.3 is 6.09 Å². The zero-order valence-electron chi connectivity index (χ0n) is 4.67. The van der Waals surface area contributed by atoms with Gasteiger partial charge in [-0.3, -0.25) is 4.90 Å². The molecule has 0 aliphatic carbocycles. The first-order chi connectivity index (χ1) is 4.13. The number of hydrogen-bond donors (Lipinski definition) is 0. The Morgan fingerprint density at radius 1 is 1.67 bits per heavy atom. The van der Waals surface area contributed by atoms with Gasteiger partial charge < -0.3 is 4.74 Å². The third-order valence-corrected chi connectivity index (χ3v) is 1.09. The predicted molar refractivity (Wildman–Crippen MR) is 24.0 cm³/mol.